The molecule has 1 heterocycles. The predicted octanol–water partition coefficient (Wildman–Crippen LogP) is 2.68. The van der Waals surface area contributed by atoms with Crippen LogP contribution in [0.3, 0.4) is 0 Å². The SMILES string of the molecule is CNCc1ccccc1SC1CCOCC1. The van der Waals surface area contributed by atoms with Crippen LogP contribution in [0.15, 0.2) is 29.2 Å². The molecule has 0 atom stereocenters. The number of hydrogen-bond acceptors (Lipinski definition) is 3. The molecule has 0 unspecified atom stereocenters. The van der Waals surface area contributed by atoms with Gasteiger partial charge in [0.05, 0.1) is 0 Å². The van der Waals surface area contributed by atoms with Crippen molar-refractivity contribution in [1.29, 1.82) is 0 Å². The molecule has 0 radical (unpaired) electrons. The number of nitrogens with one attached hydrogen (secondary N) is 1. The van der Waals surface area contributed by atoms with Crippen molar-refractivity contribution in [2.45, 2.75) is 29.5 Å². The Labute approximate surface area is 102 Å². The summed E-state index contributed by atoms with van der Waals surface area (Å²) in [5.41, 5.74) is 1.40. The van der Waals surface area contributed by atoms with Crippen molar-refractivity contribution in [1.82, 2.24) is 5.32 Å². The summed E-state index contributed by atoms with van der Waals surface area (Å²) in [5, 5.41) is 3.95. The van der Waals surface area contributed by atoms with Gasteiger partial charge in [0.1, 0.15) is 0 Å². The van der Waals surface area contributed by atoms with E-state index < -0.39 is 0 Å². The molecule has 1 N–H and O–H groups in total. The van der Waals surface area contributed by atoms with Gasteiger partial charge < -0.3 is 10.1 Å². The molecule has 0 aromatic heterocycles. The topological polar surface area (TPSA) is 21.3 Å². The third-order valence-electron chi connectivity index (χ3n) is 2.80. The molecule has 1 aromatic rings. The molecule has 1 aliphatic rings. The Morgan fingerprint density at radius 2 is 2.06 bits per heavy atom. The summed E-state index contributed by atoms with van der Waals surface area (Å²) in [6, 6.07) is 8.67. The minimum absolute atomic E-state index is 0.728. The zero-order chi connectivity index (χ0) is 11.2. The summed E-state index contributed by atoms with van der Waals surface area (Å²) in [5.74, 6) is 0. The lowest BCUT2D eigenvalue weighted by Crippen LogP contribution is -2.17. The molecule has 1 aromatic carbocycles. The van der Waals surface area contributed by atoms with Crippen LogP contribution in [-0.4, -0.2) is 25.5 Å². The van der Waals surface area contributed by atoms with Crippen LogP contribution in [0, 0.1) is 0 Å². The van der Waals surface area contributed by atoms with Crippen molar-refractivity contribution in [3.8, 4) is 0 Å². The van der Waals surface area contributed by atoms with Crippen LogP contribution in [0.2, 0.25) is 0 Å². The predicted molar refractivity (Wildman–Crippen MR) is 68.9 cm³/mol. The molecule has 2 rings (SSSR count). The highest BCUT2D eigenvalue weighted by atomic mass is 32.2. The molecule has 2 nitrogen and oxygen atoms in total. The molecule has 0 aliphatic carbocycles. The first kappa shape index (κ1) is 12.0. The van der Waals surface area contributed by atoms with Crippen LogP contribution in [-0.2, 0) is 11.3 Å². The van der Waals surface area contributed by atoms with Crippen molar-refractivity contribution in [2.75, 3.05) is 20.3 Å². The number of rotatable bonds is 4. The van der Waals surface area contributed by atoms with Gasteiger partial charge in [-0.1, -0.05) is 18.2 Å². The third kappa shape index (κ3) is 3.24. The van der Waals surface area contributed by atoms with Gasteiger partial charge in [-0.25, -0.2) is 0 Å². The lowest BCUT2D eigenvalue weighted by atomic mass is 10.2. The van der Waals surface area contributed by atoms with Crippen LogP contribution in [0.25, 0.3) is 0 Å². The Morgan fingerprint density at radius 3 is 2.81 bits per heavy atom. The fourth-order valence-electron chi connectivity index (χ4n) is 1.93. The molecule has 88 valence electrons. The fourth-order valence-corrected chi connectivity index (χ4v) is 3.16. The van der Waals surface area contributed by atoms with Crippen LogP contribution in [0.4, 0.5) is 0 Å². The summed E-state index contributed by atoms with van der Waals surface area (Å²) < 4.78 is 5.39. The number of benzene rings is 1. The van der Waals surface area contributed by atoms with Crippen molar-refractivity contribution < 1.29 is 4.74 Å². The van der Waals surface area contributed by atoms with Gasteiger partial charge in [-0.3, -0.25) is 0 Å². The van der Waals surface area contributed by atoms with E-state index in [1.807, 2.05) is 18.8 Å². The normalized spacial score (nSPS) is 17.6. The van der Waals surface area contributed by atoms with Gasteiger partial charge in [-0.15, -0.1) is 11.8 Å². The number of hydrogen-bond donors (Lipinski definition) is 1. The molecule has 3 heteroatoms. The Balaban J connectivity index is 2.01. The second-order valence-electron chi connectivity index (χ2n) is 4.07. The summed E-state index contributed by atoms with van der Waals surface area (Å²) in [7, 11) is 2.00. The van der Waals surface area contributed by atoms with E-state index in [0.717, 1.165) is 25.0 Å². The quantitative estimate of drug-likeness (QED) is 0.870. The summed E-state index contributed by atoms with van der Waals surface area (Å²) >= 11 is 2.01. The van der Waals surface area contributed by atoms with Crippen molar-refractivity contribution >= 4 is 11.8 Å². The lowest BCUT2D eigenvalue weighted by Gasteiger charge is -2.22. The Bertz CT molecular complexity index is 323. The minimum Gasteiger partial charge on any atom is -0.381 e. The van der Waals surface area contributed by atoms with Crippen LogP contribution < -0.4 is 5.32 Å². The van der Waals surface area contributed by atoms with E-state index in [-0.39, 0.29) is 0 Å². The van der Waals surface area contributed by atoms with E-state index in [0.29, 0.717) is 0 Å². The van der Waals surface area contributed by atoms with E-state index in [4.69, 9.17) is 4.74 Å². The molecule has 0 bridgehead atoms. The minimum atomic E-state index is 0.728. The highest BCUT2D eigenvalue weighted by Crippen LogP contribution is 2.31. The first-order valence-electron chi connectivity index (χ1n) is 5.87. The smallest absolute Gasteiger partial charge is 0.0476 e. The van der Waals surface area contributed by atoms with E-state index >= 15 is 0 Å². The lowest BCUT2D eigenvalue weighted by molar-refractivity contribution is 0.1000. The first-order valence-corrected chi connectivity index (χ1v) is 6.75. The second kappa shape index (κ2) is 6.28. The van der Waals surface area contributed by atoms with E-state index in [1.165, 1.54) is 23.3 Å². The first-order chi connectivity index (χ1) is 7.90. The molecule has 16 heavy (non-hydrogen) atoms. The average molecular weight is 237 g/mol. The van der Waals surface area contributed by atoms with Crippen LogP contribution in [0.5, 0.6) is 0 Å². The second-order valence-corrected chi connectivity index (χ2v) is 5.41. The maximum absolute atomic E-state index is 5.39. The fraction of sp³-hybridized carbons (Fsp3) is 0.538. The third-order valence-corrected chi connectivity index (χ3v) is 4.26. The molecule has 1 fully saturated rings. The molecule has 0 spiro atoms. The highest BCUT2D eigenvalue weighted by molar-refractivity contribution is 8.00. The summed E-state index contributed by atoms with van der Waals surface area (Å²) in [4.78, 5) is 1.42. The Morgan fingerprint density at radius 1 is 1.31 bits per heavy atom. The van der Waals surface area contributed by atoms with Gasteiger partial charge in [0.15, 0.2) is 0 Å². The zero-order valence-electron chi connectivity index (χ0n) is 9.74. The summed E-state index contributed by atoms with van der Waals surface area (Å²) in [6.07, 6.45) is 2.36. The Kier molecular flexibility index (Phi) is 4.69. The highest BCUT2D eigenvalue weighted by Gasteiger charge is 2.16. The molecular formula is C13H19NOS. The van der Waals surface area contributed by atoms with Crippen LogP contribution >= 0.6 is 11.8 Å². The van der Waals surface area contributed by atoms with Crippen molar-refractivity contribution in [2.24, 2.45) is 0 Å². The van der Waals surface area contributed by atoms with E-state index in [1.54, 1.807) is 0 Å². The van der Waals surface area contributed by atoms with Crippen LogP contribution in [0.1, 0.15) is 18.4 Å². The van der Waals surface area contributed by atoms with Gasteiger partial charge in [0, 0.05) is 29.9 Å². The van der Waals surface area contributed by atoms with Gasteiger partial charge in [-0.2, -0.15) is 0 Å². The van der Waals surface area contributed by atoms with Gasteiger partial charge in [0.25, 0.3) is 0 Å². The molecule has 0 saturated carbocycles. The maximum Gasteiger partial charge on any atom is 0.0476 e. The standard InChI is InChI=1S/C13H19NOS/c1-14-10-11-4-2-3-5-13(11)16-12-6-8-15-9-7-12/h2-5,12,14H,6-10H2,1H3. The average Bonchev–Trinajstić information content (AvgIpc) is 2.33. The van der Waals surface area contributed by atoms with Gasteiger partial charge in [-0.05, 0) is 31.5 Å². The number of thioether (sulfide) groups is 1. The number of ether oxygens (including phenoxy) is 1. The van der Waals surface area contributed by atoms with Gasteiger partial charge >= 0.3 is 0 Å². The Hall–Kier alpha value is -0.510. The molecule has 1 aliphatic heterocycles. The zero-order valence-corrected chi connectivity index (χ0v) is 10.6. The van der Waals surface area contributed by atoms with Gasteiger partial charge in [0.2, 0.25) is 0 Å². The van der Waals surface area contributed by atoms with E-state index in [2.05, 4.69) is 29.6 Å². The van der Waals surface area contributed by atoms with E-state index in [9.17, 15) is 0 Å². The maximum atomic E-state index is 5.39. The molecular weight excluding hydrogens is 218 g/mol. The molecule has 1 saturated heterocycles. The summed E-state index contributed by atoms with van der Waals surface area (Å²) in [6.45, 7) is 2.80. The largest absolute Gasteiger partial charge is 0.381 e. The van der Waals surface area contributed by atoms with Crippen molar-refractivity contribution in [3.63, 3.8) is 0 Å². The van der Waals surface area contributed by atoms with Crippen molar-refractivity contribution in [3.05, 3.63) is 29.8 Å². The monoisotopic (exact) mass is 237 g/mol. The molecule has 0 amide bonds.